The SMILES string of the molecule is CC(=O)O/N=C(/C(=O)c1ccc2c(c1)C(CCC(F)(F)C(F)(F)C(F)(F)F)(CCC(F)(F)C(F)(F)C(F)(F)F)c1ccccc1-2)c1ccccc1C. The first kappa shape index (κ1) is 40.3. The summed E-state index contributed by atoms with van der Waals surface area (Å²) in [6.45, 7) is 2.45. The van der Waals surface area contributed by atoms with Gasteiger partial charge in [0.25, 0.3) is 0 Å². The fraction of sp³-hybridized carbons (Fsp3) is 0.382. The fourth-order valence-electron chi connectivity index (χ4n) is 6.03. The first-order valence-electron chi connectivity index (χ1n) is 15.0. The van der Waals surface area contributed by atoms with Crippen molar-refractivity contribution in [3.63, 3.8) is 0 Å². The van der Waals surface area contributed by atoms with Crippen LogP contribution in [-0.2, 0) is 15.0 Å². The number of Topliss-reactive ketones (excluding diaryl/α,β-unsaturated/α-hetero) is 1. The highest BCUT2D eigenvalue weighted by molar-refractivity contribution is 6.51. The largest absolute Gasteiger partial charge is 0.459 e. The average Bonchev–Trinajstić information content (AvgIpc) is 3.31. The van der Waals surface area contributed by atoms with Crippen molar-refractivity contribution < 1.29 is 75.9 Å². The van der Waals surface area contributed by atoms with Crippen LogP contribution in [0.2, 0.25) is 0 Å². The molecular formula is C34H25F14NO3. The van der Waals surface area contributed by atoms with E-state index in [1.807, 2.05) is 0 Å². The molecule has 0 fully saturated rings. The maximum atomic E-state index is 14.8. The van der Waals surface area contributed by atoms with Crippen LogP contribution < -0.4 is 0 Å². The molecule has 3 aromatic carbocycles. The molecule has 0 amide bonds. The lowest BCUT2D eigenvalue weighted by molar-refractivity contribution is -0.357. The summed E-state index contributed by atoms with van der Waals surface area (Å²) in [5.41, 5.74) is -4.27. The van der Waals surface area contributed by atoms with E-state index in [2.05, 4.69) is 9.99 Å². The van der Waals surface area contributed by atoms with Crippen molar-refractivity contribution in [2.75, 3.05) is 0 Å². The summed E-state index contributed by atoms with van der Waals surface area (Å²) in [6, 6.07) is 13.6. The molecule has 0 aliphatic heterocycles. The fourth-order valence-corrected chi connectivity index (χ4v) is 6.03. The number of carbonyl (C=O) groups excluding carboxylic acids is 2. The molecule has 18 heteroatoms. The molecule has 0 spiro atoms. The third kappa shape index (κ3) is 6.99. The summed E-state index contributed by atoms with van der Waals surface area (Å²) >= 11 is 0. The van der Waals surface area contributed by atoms with Crippen molar-refractivity contribution in [2.24, 2.45) is 5.16 Å². The number of halogens is 14. The number of nitrogens with zero attached hydrogens (tertiary/aromatic N) is 1. The zero-order chi connectivity index (χ0) is 39.3. The van der Waals surface area contributed by atoms with Gasteiger partial charge in [0.05, 0.1) is 0 Å². The Bertz CT molecular complexity index is 1840. The van der Waals surface area contributed by atoms with Crippen molar-refractivity contribution in [2.45, 2.75) is 81.0 Å². The topological polar surface area (TPSA) is 55.7 Å². The van der Waals surface area contributed by atoms with E-state index in [4.69, 9.17) is 0 Å². The van der Waals surface area contributed by atoms with Gasteiger partial charge in [-0.25, -0.2) is 4.79 Å². The minimum atomic E-state index is -6.82. The molecule has 0 saturated carbocycles. The van der Waals surface area contributed by atoms with Crippen LogP contribution in [0.1, 0.15) is 65.2 Å². The van der Waals surface area contributed by atoms with E-state index < -0.39 is 95.7 Å². The second-order valence-electron chi connectivity index (χ2n) is 12.1. The number of hydrogen-bond acceptors (Lipinski definition) is 4. The molecule has 3 aromatic rings. The van der Waals surface area contributed by atoms with Gasteiger partial charge in [-0.05, 0) is 53.6 Å². The second-order valence-corrected chi connectivity index (χ2v) is 12.1. The number of fused-ring (bicyclic) bond motifs is 3. The molecule has 4 rings (SSSR count). The Labute approximate surface area is 285 Å². The molecule has 0 heterocycles. The van der Waals surface area contributed by atoms with Crippen molar-refractivity contribution >= 4 is 17.5 Å². The summed E-state index contributed by atoms with van der Waals surface area (Å²) < 4.78 is 194. The monoisotopic (exact) mass is 761 g/mol. The Kier molecular flexibility index (Phi) is 10.4. The Morgan fingerprint density at radius 3 is 1.63 bits per heavy atom. The van der Waals surface area contributed by atoms with Gasteiger partial charge < -0.3 is 4.84 Å². The van der Waals surface area contributed by atoms with E-state index in [1.54, 1.807) is 6.07 Å². The number of oxime groups is 1. The van der Waals surface area contributed by atoms with E-state index in [9.17, 15) is 71.1 Å². The molecule has 0 aromatic heterocycles. The van der Waals surface area contributed by atoms with E-state index in [1.165, 1.54) is 37.3 Å². The lowest BCUT2D eigenvalue weighted by atomic mass is 9.69. The number of hydrogen-bond donors (Lipinski definition) is 0. The molecular weight excluding hydrogens is 736 g/mol. The molecule has 0 bridgehead atoms. The summed E-state index contributed by atoms with van der Waals surface area (Å²) in [7, 11) is 0. The van der Waals surface area contributed by atoms with Crippen LogP contribution in [0, 0.1) is 6.92 Å². The summed E-state index contributed by atoms with van der Waals surface area (Å²) in [5.74, 6) is -27.4. The number of alkyl halides is 14. The Hall–Kier alpha value is -4.51. The van der Waals surface area contributed by atoms with Crippen LogP contribution in [0.4, 0.5) is 61.5 Å². The highest BCUT2D eigenvalue weighted by Crippen LogP contribution is 2.59. The van der Waals surface area contributed by atoms with Gasteiger partial charge >= 0.3 is 42.0 Å². The molecule has 1 aliphatic carbocycles. The van der Waals surface area contributed by atoms with Gasteiger partial charge in [0.1, 0.15) is 0 Å². The average molecular weight is 762 g/mol. The van der Waals surface area contributed by atoms with Crippen molar-refractivity contribution in [3.8, 4) is 11.1 Å². The zero-order valence-corrected chi connectivity index (χ0v) is 26.6. The van der Waals surface area contributed by atoms with Crippen molar-refractivity contribution in [1.29, 1.82) is 0 Å². The molecule has 1 aliphatic rings. The number of carbonyl (C=O) groups is 2. The predicted octanol–water partition coefficient (Wildman–Crippen LogP) is 10.6. The van der Waals surface area contributed by atoms with E-state index in [0.29, 0.717) is 5.56 Å². The molecule has 0 radical (unpaired) electrons. The maximum absolute atomic E-state index is 14.8. The van der Waals surface area contributed by atoms with Crippen molar-refractivity contribution in [1.82, 2.24) is 0 Å². The maximum Gasteiger partial charge on any atom is 0.459 e. The van der Waals surface area contributed by atoms with Gasteiger partial charge in [0.15, 0.2) is 5.71 Å². The third-order valence-electron chi connectivity index (χ3n) is 8.77. The summed E-state index contributed by atoms with van der Waals surface area (Å²) in [6.07, 6.45) is -21.8. The van der Waals surface area contributed by atoms with E-state index in [0.717, 1.165) is 37.3 Å². The van der Waals surface area contributed by atoms with Gasteiger partial charge in [-0.3, -0.25) is 4.79 Å². The lowest BCUT2D eigenvalue weighted by Crippen LogP contribution is -2.53. The molecule has 52 heavy (non-hydrogen) atoms. The second kappa shape index (κ2) is 13.5. The van der Waals surface area contributed by atoms with Gasteiger partial charge in [-0.2, -0.15) is 61.5 Å². The molecule has 0 saturated heterocycles. The first-order valence-corrected chi connectivity index (χ1v) is 15.0. The third-order valence-corrected chi connectivity index (χ3v) is 8.77. The van der Waals surface area contributed by atoms with Gasteiger partial charge in [0, 0.05) is 36.3 Å². The van der Waals surface area contributed by atoms with E-state index >= 15 is 0 Å². The molecule has 0 unspecified atom stereocenters. The standard InChI is InChI=1S/C34H25F14NO3/c1-18-7-3-4-8-21(18)26(49-52-19(2)50)27(51)20-11-12-23-22-9-5-6-10-24(22)28(25(23)17-20,13-15-29(35,36)31(39,40)33(43,44)45)14-16-30(37,38)32(41,42)34(46,47)48/h3-12,17H,13-16H2,1-2H3/b49-26+. The Morgan fingerprint density at radius 2 is 1.13 bits per heavy atom. The molecule has 282 valence electrons. The van der Waals surface area contributed by atoms with Gasteiger partial charge in [0.2, 0.25) is 5.78 Å². The van der Waals surface area contributed by atoms with Gasteiger partial charge in [-0.15, -0.1) is 0 Å². The number of ketones is 1. The number of benzene rings is 3. The van der Waals surface area contributed by atoms with Crippen LogP contribution >= 0.6 is 0 Å². The van der Waals surface area contributed by atoms with Crippen LogP contribution in [0.15, 0.2) is 71.9 Å². The van der Waals surface area contributed by atoms with Crippen molar-refractivity contribution in [3.05, 3.63) is 94.5 Å². The highest BCUT2D eigenvalue weighted by Gasteiger charge is 2.74. The first-order chi connectivity index (χ1) is 23.7. The summed E-state index contributed by atoms with van der Waals surface area (Å²) in [4.78, 5) is 30.1. The normalized spacial score (nSPS) is 15.3. The van der Waals surface area contributed by atoms with Crippen LogP contribution in [0.5, 0.6) is 0 Å². The smallest absolute Gasteiger partial charge is 0.318 e. The molecule has 0 N–H and O–H groups in total. The Balaban J connectivity index is 1.96. The summed E-state index contributed by atoms with van der Waals surface area (Å²) in [5, 5.41) is 3.58. The number of rotatable bonds is 12. The quantitative estimate of drug-likeness (QED) is 0.0607. The predicted molar refractivity (Wildman–Crippen MR) is 157 cm³/mol. The zero-order valence-electron chi connectivity index (χ0n) is 26.6. The molecule has 4 nitrogen and oxygen atoms in total. The minimum absolute atomic E-state index is 0.0546. The highest BCUT2D eigenvalue weighted by atomic mass is 19.4. The molecule has 0 atom stereocenters. The Morgan fingerprint density at radius 1 is 0.654 bits per heavy atom. The number of aryl methyl sites for hydroxylation is 1. The van der Waals surface area contributed by atoms with Crippen LogP contribution in [-0.4, -0.2) is 53.5 Å². The lowest BCUT2D eigenvalue weighted by Gasteiger charge is -2.37. The van der Waals surface area contributed by atoms with Crippen LogP contribution in [0.25, 0.3) is 11.1 Å². The van der Waals surface area contributed by atoms with E-state index in [-0.39, 0.29) is 22.3 Å². The van der Waals surface area contributed by atoms with Crippen LogP contribution in [0.3, 0.4) is 0 Å². The minimum Gasteiger partial charge on any atom is -0.318 e. The van der Waals surface area contributed by atoms with Gasteiger partial charge in [-0.1, -0.05) is 65.8 Å².